The number of carbonyl (C=O) groups is 2. The lowest BCUT2D eigenvalue weighted by Gasteiger charge is -2.27. The van der Waals surface area contributed by atoms with Crippen LogP contribution in [-0.2, 0) is 41.8 Å². The first-order valence-electron chi connectivity index (χ1n) is 16.3. The summed E-state index contributed by atoms with van der Waals surface area (Å²) < 4.78 is 34.0. The molecule has 1 fully saturated rings. The lowest BCUT2D eigenvalue weighted by Crippen LogP contribution is -2.56. The number of alkyl halides is 3. The minimum absolute atomic E-state index is 0.0280. The minimum Gasteiger partial charge on any atom is -0.475 e. The first-order valence-corrected chi connectivity index (χ1v) is 16.3. The number of carboxylic acids is 1. The van der Waals surface area contributed by atoms with Gasteiger partial charge in [-0.3, -0.25) is 4.79 Å². The molecule has 1 aliphatic heterocycles. The summed E-state index contributed by atoms with van der Waals surface area (Å²) in [5.74, 6) is -1.09. The molecular formula is C36H40F3N7O3. The number of carbonyl (C=O) groups excluding carboxylic acids is 1. The number of fused-ring (bicyclic) bond motifs is 1. The molecule has 0 radical (unpaired) electrons. The molecule has 5 aromatic rings. The second-order valence-corrected chi connectivity index (χ2v) is 11.9. The van der Waals surface area contributed by atoms with E-state index >= 15 is 0 Å². The lowest BCUT2D eigenvalue weighted by molar-refractivity contribution is -0.192. The average molecular weight is 676 g/mol. The van der Waals surface area contributed by atoms with Crippen LogP contribution in [-0.4, -0.2) is 68.6 Å². The van der Waals surface area contributed by atoms with Crippen molar-refractivity contribution in [1.82, 2.24) is 35.7 Å². The molecule has 0 aliphatic carbocycles. The maximum absolute atomic E-state index is 13.6. The summed E-state index contributed by atoms with van der Waals surface area (Å²) in [5, 5.41) is 27.8. The SMILES string of the molecule is CCc1ccc(Cn2c(CCc3ccccc3)nnc2[C@@H](Cc2c[nH]c3ccccc23)NC(=O)C2CNCCN2)cc1.O=C(O)C(F)(F)F. The largest absolute Gasteiger partial charge is 0.490 e. The number of nitrogens with one attached hydrogen (secondary N) is 4. The highest BCUT2D eigenvalue weighted by Crippen LogP contribution is 2.26. The van der Waals surface area contributed by atoms with Crippen LogP contribution in [0, 0.1) is 0 Å². The Morgan fingerprint density at radius 2 is 1.63 bits per heavy atom. The van der Waals surface area contributed by atoms with Crippen molar-refractivity contribution in [1.29, 1.82) is 0 Å². The van der Waals surface area contributed by atoms with Gasteiger partial charge >= 0.3 is 12.1 Å². The Labute approximate surface area is 282 Å². The first-order chi connectivity index (χ1) is 23.6. The van der Waals surface area contributed by atoms with Crippen LogP contribution in [0.15, 0.2) is 85.1 Å². The van der Waals surface area contributed by atoms with Crippen LogP contribution in [0.25, 0.3) is 10.9 Å². The van der Waals surface area contributed by atoms with Crippen LogP contribution >= 0.6 is 0 Å². The topological polar surface area (TPSA) is 137 Å². The molecule has 2 atom stereocenters. The van der Waals surface area contributed by atoms with Crippen molar-refractivity contribution in [3.05, 3.63) is 119 Å². The van der Waals surface area contributed by atoms with E-state index in [1.807, 2.05) is 18.3 Å². The molecule has 13 heteroatoms. The van der Waals surface area contributed by atoms with E-state index in [4.69, 9.17) is 20.1 Å². The molecule has 1 amide bonds. The number of benzene rings is 3. The van der Waals surface area contributed by atoms with Gasteiger partial charge in [0.2, 0.25) is 5.91 Å². The van der Waals surface area contributed by atoms with Crippen LogP contribution < -0.4 is 16.0 Å². The molecule has 3 aromatic carbocycles. The number of piperazine rings is 1. The minimum atomic E-state index is -5.08. The van der Waals surface area contributed by atoms with Crippen LogP contribution in [0.3, 0.4) is 0 Å². The number of aromatic nitrogens is 4. The summed E-state index contributed by atoms with van der Waals surface area (Å²) in [6.45, 7) is 5.03. The Balaban J connectivity index is 0.000000606. The Morgan fingerprint density at radius 1 is 0.939 bits per heavy atom. The van der Waals surface area contributed by atoms with E-state index in [2.05, 4.69) is 99.2 Å². The quantitative estimate of drug-likeness (QED) is 0.136. The molecule has 6 rings (SSSR count). The number of halogens is 3. The Kier molecular flexibility index (Phi) is 11.8. The molecule has 5 N–H and O–H groups in total. The zero-order chi connectivity index (χ0) is 34.8. The third-order valence-electron chi connectivity index (χ3n) is 8.44. The third kappa shape index (κ3) is 9.55. The van der Waals surface area contributed by atoms with Gasteiger partial charge in [0.15, 0.2) is 5.82 Å². The number of hydrogen-bond donors (Lipinski definition) is 5. The van der Waals surface area contributed by atoms with Crippen LogP contribution in [0.5, 0.6) is 0 Å². The van der Waals surface area contributed by atoms with Gasteiger partial charge in [0.25, 0.3) is 0 Å². The van der Waals surface area contributed by atoms with E-state index in [1.54, 1.807) is 0 Å². The van der Waals surface area contributed by atoms with Gasteiger partial charge in [0.05, 0.1) is 18.6 Å². The number of rotatable bonds is 11. The highest BCUT2D eigenvalue weighted by atomic mass is 19.4. The maximum Gasteiger partial charge on any atom is 0.490 e. The molecular weight excluding hydrogens is 635 g/mol. The van der Waals surface area contributed by atoms with Crippen molar-refractivity contribution in [2.45, 2.75) is 57.4 Å². The van der Waals surface area contributed by atoms with Crippen molar-refractivity contribution in [2.75, 3.05) is 19.6 Å². The van der Waals surface area contributed by atoms with E-state index in [0.29, 0.717) is 19.5 Å². The highest BCUT2D eigenvalue weighted by molar-refractivity contribution is 5.84. The van der Waals surface area contributed by atoms with Gasteiger partial charge in [0, 0.05) is 49.6 Å². The summed E-state index contributed by atoms with van der Waals surface area (Å²) in [5.41, 5.74) is 5.98. The van der Waals surface area contributed by atoms with Crippen LogP contribution in [0.1, 0.15) is 46.9 Å². The van der Waals surface area contributed by atoms with Gasteiger partial charge in [-0.05, 0) is 41.2 Å². The highest BCUT2D eigenvalue weighted by Gasteiger charge is 2.38. The maximum atomic E-state index is 13.6. The third-order valence-corrected chi connectivity index (χ3v) is 8.44. The first kappa shape index (κ1) is 35.3. The zero-order valence-electron chi connectivity index (χ0n) is 27.1. The molecule has 1 saturated heterocycles. The molecule has 2 aromatic heterocycles. The molecule has 258 valence electrons. The summed E-state index contributed by atoms with van der Waals surface area (Å²) in [6.07, 6.45) is 0.187. The van der Waals surface area contributed by atoms with Crippen molar-refractivity contribution in [2.24, 2.45) is 0 Å². The van der Waals surface area contributed by atoms with Crippen molar-refractivity contribution < 1.29 is 27.9 Å². The van der Waals surface area contributed by atoms with Crippen LogP contribution in [0.2, 0.25) is 0 Å². The normalized spacial score (nSPS) is 15.3. The second-order valence-electron chi connectivity index (χ2n) is 11.9. The molecule has 49 heavy (non-hydrogen) atoms. The number of H-pyrrole nitrogens is 1. The zero-order valence-corrected chi connectivity index (χ0v) is 27.1. The monoisotopic (exact) mass is 675 g/mol. The summed E-state index contributed by atoms with van der Waals surface area (Å²) in [4.78, 5) is 25.8. The fourth-order valence-corrected chi connectivity index (χ4v) is 5.77. The number of aliphatic carboxylic acids is 1. The smallest absolute Gasteiger partial charge is 0.475 e. The molecule has 0 spiro atoms. The number of para-hydroxylation sites is 1. The molecule has 0 bridgehead atoms. The number of aryl methyl sites for hydroxylation is 3. The predicted octanol–water partition coefficient (Wildman–Crippen LogP) is 4.75. The van der Waals surface area contributed by atoms with Gasteiger partial charge < -0.3 is 30.6 Å². The van der Waals surface area contributed by atoms with E-state index in [-0.39, 0.29) is 18.0 Å². The van der Waals surface area contributed by atoms with Crippen molar-refractivity contribution >= 4 is 22.8 Å². The number of aromatic amines is 1. The standard InChI is InChI=1S/C34H39N7O.C2HF3O2/c1-2-24-12-14-26(15-13-24)23-41-32(17-16-25-8-4-3-5-9-25)39-40-33(41)30(38-34(42)31-22-35-18-19-36-31)20-27-21-37-29-11-7-6-10-28(27)29;3-2(4,5)1(6)7/h3-15,21,30-31,35-37H,2,16-20,22-23H2,1H3,(H,38,42);(H,6,7)/t30-,31?;/m1./s1. The van der Waals surface area contributed by atoms with Gasteiger partial charge in [-0.2, -0.15) is 13.2 Å². The summed E-state index contributed by atoms with van der Waals surface area (Å²) >= 11 is 0. The number of nitrogens with zero attached hydrogens (tertiary/aromatic N) is 3. The average Bonchev–Trinajstić information content (AvgIpc) is 3.71. The fourth-order valence-electron chi connectivity index (χ4n) is 5.77. The number of hydrogen-bond acceptors (Lipinski definition) is 6. The fraction of sp³-hybridized carbons (Fsp3) is 0.333. The predicted molar refractivity (Wildman–Crippen MR) is 180 cm³/mol. The van der Waals surface area contributed by atoms with Gasteiger partial charge in [-0.25, -0.2) is 4.79 Å². The molecule has 1 unspecified atom stereocenters. The van der Waals surface area contributed by atoms with Gasteiger partial charge in [0.1, 0.15) is 5.82 Å². The summed E-state index contributed by atoms with van der Waals surface area (Å²) in [6, 6.07) is 26.9. The van der Waals surface area contributed by atoms with Gasteiger partial charge in [-0.1, -0.05) is 79.7 Å². The van der Waals surface area contributed by atoms with E-state index < -0.39 is 12.1 Å². The molecule has 1 aliphatic rings. The Morgan fingerprint density at radius 3 is 2.31 bits per heavy atom. The number of carboxylic acid groups (broad SMARTS) is 1. The molecule has 3 heterocycles. The second kappa shape index (κ2) is 16.4. The summed E-state index contributed by atoms with van der Waals surface area (Å²) in [7, 11) is 0. The Bertz CT molecular complexity index is 1820. The van der Waals surface area contributed by atoms with E-state index in [9.17, 15) is 18.0 Å². The van der Waals surface area contributed by atoms with Crippen LogP contribution in [0.4, 0.5) is 13.2 Å². The van der Waals surface area contributed by atoms with E-state index in [0.717, 1.165) is 60.5 Å². The molecule has 0 saturated carbocycles. The van der Waals surface area contributed by atoms with Gasteiger partial charge in [-0.15, -0.1) is 10.2 Å². The number of amides is 1. The lowest BCUT2D eigenvalue weighted by atomic mass is 10.0. The van der Waals surface area contributed by atoms with E-state index in [1.165, 1.54) is 16.7 Å². The molecule has 10 nitrogen and oxygen atoms in total. The van der Waals surface area contributed by atoms with Crippen molar-refractivity contribution in [3.63, 3.8) is 0 Å². The Hall–Kier alpha value is -5.01. The van der Waals surface area contributed by atoms with Crippen molar-refractivity contribution in [3.8, 4) is 0 Å².